The zero-order chi connectivity index (χ0) is 12.6. The van der Waals surface area contributed by atoms with Crippen LogP contribution in [0.5, 0.6) is 0 Å². The molecule has 0 saturated heterocycles. The van der Waals surface area contributed by atoms with E-state index in [0.29, 0.717) is 5.92 Å². The Morgan fingerprint density at radius 3 is 2.44 bits per heavy atom. The number of ether oxygens (including phenoxy) is 1. The van der Waals surface area contributed by atoms with Crippen LogP contribution in [0.1, 0.15) is 53.9 Å². The molecule has 0 bridgehead atoms. The lowest BCUT2D eigenvalue weighted by Gasteiger charge is -2.33. The summed E-state index contributed by atoms with van der Waals surface area (Å²) in [4.78, 5) is 4.32. The molecule has 0 spiro atoms. The van der Waals surface area contributed by atoms with E-state index in [1.165, 1.54) is 0 Å². The predicted molar refractivity (Wildman–Crippen MR) is 72.0 cm³/mol. The highest BCUT2D eigenvalue weighted by Gasteiger charge is 2.31. The Morgan fingerprint density at radius 1 is 1.44 bits per heavy atom. The number of hydrogen-bond acceptors (Lipinski definition) is 2. The first-order valence-corrected chi connectivity index (χ1v) is 6.34. The van der Waals surface area contributed by atoms with Gasteiger partial charge in [0.1, 0.15) is 5.60 Å². The van der Waals surface area contributed by atoms with E-state index in [4.69, 9.17) is 4.74 Å². The Balaban J connectivity index is 4.76. The monoisotopic (exact) mass is 225 g/mol. The van der Waals surface area contributed by atoms with Crippen molar-refractivity contribution in [1.29, 1.82) is 0 Å². The fourth-order valence-electron chi connectivity index (χ4n) is 1.79. The van der Waals surface area contributed by atoms with Gasteiger partial charge in [-0.05, 0) is 25.7 Å². The second-order valence-electron chi connectivity index (χ2n) is 4.64. The number of aliphatic imine (C=N–C) groups is 1. The quantitative estimate of drug-likeness (QED) is 0.567. The van der Waals surface area contributed by atoms with Gasteiger partial charge in [-0.3, -0.25) is 4.99 Å². The number of hydrogen-bond donors (Lipinski definition) is 0. The molecule has 0 aliphatic rings. The van der Waals surface area contributed by atoms with Crippen LogP contribution in [-0.4, -0.2) is 18.4 Å². The highest BCUT2D eigenvalue weighted by atomic mass is 16.5. The first-order chi connectivity index (χ1) is 7.52. The van der Waals surface area contributed by atoms with Gasteiger partial charge in [-0.25, -0.2) is 0 Å². The molecule has 0 fully saturated rings. The van der Waals surface area contributed by atoms with Gasteiger partial charge in [-0.15, -0.1) is 0 Å². The minimum atomic E-state index is -0.258. The predicted octanol–water partition coefficient (Wildman–Crippen LogP) is 4.21. The van der Waals surface area contributed by atoms with Crippen LogP contribution in [0.3, 0.4) is 0 Å². The summed E-state index contributed by atoms with van der Waals surface area (Å²) in [5.41, 5.74) is 0.603. The smallest absolute Gasteiger partial charge is 0.109 e. The topological polar surface area (TPSA) is 21.6 Å². The molecule has 16 heavy (non-hydrogen) atoms. The van der Waals surface area contributed by atoms with E-state index in [-0.39, 0.29) is 5.60 Å². The number of rotatable bonds is 8. The molecular weight excluding hydrogens is 198 g/mol. The molecule has 94 valence electrons. The number of nitrogens with zero attached hydrogens (tertiary/aromatic N) is 1. The van der Waals surface area contributed by atoms with Crippen molar-refractivity contribution < 1.29 is 4.74 Å². The van der Waals surface area contributed by atoms with E-state index in [2.05, 4.69) is 39.3 Å². The van der Waals surface area contributed by atoms with Crippen molar-refractivity contribution in [2.45, 2.75) is 59.5 Å². The van der Waals surface area contributed by atoms with Crippen molar-refractivity contribution in [2.24, 2.45) is 10.9 Å². The van der Waals surface area contributed by atoms with Crippen LogP contribution in [0, 0.1) is 5.92 Å². The maximum atomic E-state index is 6.08. The lowest BCUT2D eigenvalue weighted by atomic mass is 9.91. The average molecular weight is 225 g/mol. The minimum absolute atomic E-state index is 0.258. The minimum Gasteiger partial charge on any atom is -0.368 e. The first-order valence-electron chi connectivity index (χ1n) is 6.34. The highest BCUT2D eigenvalue weighted by Crippen LogP contribution is 2.31. The molecule has 0 aliphatic carbocycles. The van der Waals surface area contributed by atoms with Crippen LogP contribution in [0.2, 0.25) is 0 Å². The molecular formula is C14H27NO. The Labute approximate surface area is 101 Å². The van der Waals surface area contributed by atoms with E-state index < -0.39 is 0 Å². The molecule has 0 N–H and O–H groups in total. The van der Waals surface area contributed by atoms with Crippen LogP contribution in [0.25, 0.3) is 0 Å². The third kappa shape index (κ3) is 4.48. The second kappa shape index (κ2) is 7.61. The van der Waals surface area contributed by atoms with E-state index >= 15 is 0 Å². The Bertz CT molecular complexity index is 233. The van der Waals surface area contributed by atoms with Crippen molar-refractivity contribution in [3.05, 3.63) is 12.3 Å². The molecule has 0 aromatic heterocycles. The summed E-state index contributed by atoms with van der Waals surface area (Å²) < 4.78 is 6.08. The fourth-order valence-corrected chi connectivity index (χ4v) is 1.79. The van der Waals surface area contributed by atoms with Gasteiger partial charge in [-0.2, -0.15) is 0 Å². The Hall–Kier alpha value is -0.630. The van der Waals surface area contributed by atoms with Crippen molar-refractivity contribution in [2.75, 3.05) is 6.61 Å². The van der Waals surface area contributed by atoms with Crippen LogP contribution < -0.4 is 0 Å². The van der Waals surface area contributed by atoms with Crippen molar-refractivity contribution in [3.63, 3.8) is 0 Å². The van der Waals surface area contributed by atoms with Crippen LogP contribution in [0.15, 0.2) is 17.3 Å². The van der Waals surface area contributed by atoms with E-state index in [1.54, 1.807) is 6.21 Å². The molecule has 1 unspecified atom stereocenters. The average Bonchev–Trinajstić information content (AvgIpc) is 2.24. The molecule has 0 radical (unpaired) electrons. The summed E-state index contributed by atoms with van der Waals surface area (Å²) in [5.74, 6) is 0.543. The zero-order valence-electron chi connectivity index (χ0n) is 11.5. The molecule has 2 heteroatoms. The molecule has 0 aromatic rings. The summed E-state index contributed by atoms with van der Waals surface area (Å²) >= 11 is 0. The summed E-state index contributed by atoms with van der Waals surface area (Å²) in [6, 6.07) is 0. The lowest BCUT2D eigenvalue weighted by molar-refractivity contribution is -0.0393. The van der Waals surface area contributed by atoms with Crippen molar-refractivity contribution in [1.82, 2.24) is 0 Å². The summed E-state index contributed by atoms with van der Waals surface area (Å²) in [7, 11) is 0. The fraction of sp³-hybridized carbons (Fsp3) is 0.786. The Kier molecular flexibility index (Phi) is 7.31. The third-order valence-corrected chi connectivity index (χ3v) is 2.73. The highest BCUT2D eigenvalue weighted by molar-refractivity contribution is 5.55. The molecule has 0 aromatic carbocycles. The largest absolute Gasteiger partial charge is 0.368 e. The Morgan fingerprint density at radius 2 is 2.06 bits per heavy atom. The SMILES string of the molecule is C=C(N=CC)C(CC)(CCC)OCC(C)C. The van der Waals surface area contributed by atoms with Gasteiger partial charge in [0.15, 0.2) is 0 Å². The van der Waals surface area contributed by atoms with E-state index in [9.17, 15) is 0 Å². The van der Waals surface area contributed by atoms with Crippen molar-refractivity contribution >= 4 is 6.21 Å². The van der Waals surface area contributed by atoms with Crippen molar-refractivity contribution in [3.8, 4) is 0 Å². The summed E-state index contributed by atoms with van der Waals surface area (Å²) in [6.07, 6.45) is 4.81. The molecule has 0 rings (SSSR count). The molecule has 1 atom stereocenters. The van der Waals surface area contributed by atoms with Gasteiger partial charge >= 0.3 is 0 Å². The molecule has 0 amide bonds. The first kappa shape index (κ1) is 15.4. The summed E-state index contributed by atoms with van der Waals surface area (Å²) in [5, 5.41) is 0. The van der Waals surface area contributed by atoms with Crippen LogP contribution >= 0.6 is 0 Å². The molecule has 0 aliphatic heterocycles. The van der Waals surface area contributed by atoms with Gasteiger partial charge in [-0.1, -0.05) is 40.7 Å². The van der Waals surface area contributed by atoms with E-state index in [1.807, 2.05) is 6.92 Å². The second-order valence-corrected chi connectivity index (χ2v) is 4.64. The molecule has 2 nitrogen and oxygen atoms in total. The van der Waals surface area contributed by atoms with Gasteiger partial charge in [0.2, 0.25) is 0 Å². The van der Waals surface area contributed by atoms with Crippen LogP contribution in [0.4, 0.5) is 0 Å². The normalized spacial score (nSPS) is 15.6. The summed E-state index contributed by atoms with van der Waals surface area (Å²) in [6.45, 7) is 15.4. The maximum Gasteiger partial charge on any atom is 0.109 e. The van der Waals surface area contributed by atoms with Gasteiger partial charge in [0, 0.05) is 6.21 Å². The van der Waals surface area contributed by atoms with Gasteiger partial charge < -0.3 is 4.74 Å². The standard InChI is InChI=1S/C14H27NO/c1-7-10-14(8-2,13(6)15-9-3)16-11-12(4)5/h9,12H,6-8,10-11H2,1-5H3. The van der Waals surface area contributed by atoms with E-state index in [0.717, 1.165) is 31.6 Å². The van der Waals surface area contributed by atoms with Crippen LogP contribution in [-0.2, 0) is 4.74 Å². The molecule has 0 heterocycles. The lowest BCUT2D eigenvalue weighted by Crippen LogP contribution is -2.34. The third-order valence-electron chi connectivity index (χ3n) is 2.73. The maximum absolute atomic E-state index is 6.08. The molecule has 0 saturated carbocycles. The van der Waals surface area contributed by atoms with Gasteiger partial charge in [0.05, 0.1) is 12.3 Å². The van der Waals surface area contributed by atoms with Gasteiger partial charge in [0.25, 0.3) is 0 Å². The zero-order valence-corrected chi connectivity index (χ0v) is 11.5.